The molecular formula is C18H21N3O2S. The zero-order valence-electron chi connectivity index (χ0n) is 13.9. The third kappa shape index (κ3) is 3.83. The second-order valence-corrected chi connectivity index (χ2v) is 7.74. The van der Waals surface area contributed by atoms with Crippen molar-refractivity contribution in [1.29, 1.82) is 0 Å². The van der Waals surface area contributed by atoms with Crippen LogP contribution in [0.3, 0.4) is 0 Å². The van der Waals surface area contributed by atoms with Gasteiger partial charge in [0.15, 0.2) is 0 Å². The summed E-state index contributed by atoms with van der Waals surface area (Å²) >= 11 is 0. The molecule has 0 spiro atoms. The Bertz CT molecular complexity index is 947. The van der Waals surface area contributed by atoms with Crippen LogP contribution in [0.5, 0.6) is 0 Å². The maximum absolute atomic E-state index is 12.1. The van der Waals surface area contributed by atoms with Gasteiger partial charge in [0.2, 0.25) is 10.0 Å². The molecule has 1 heterocycles. The second-order valence-electron chi connectivity index (χ2n) is 5.93. The molecule has 24 heavy (non-hydrogen) atoms. The van der Waals surface area contributed by atoms with Crippen LogP contribution < -0.4 is 4.72 Å². The monoisotopic (exact) mass is 343 g/mol. The van der Waals surface area contributed by atoms with Gasteiger partial charge in [0.05, 0.1) is 16.8 Å². The molecule has 0 unspecified atom stereocenters. The van der Waals surface area contributed by atoms with Gasteiger partial charge in [-0.3, -0.25) is 0 Å². The highest BCUT2D eigenvalue weighted by Crippen LogP contribution is 2.16. The predicted molar refractivity (Wildman–Crippen MR) is 96.2 cm³/mol. The molecule has 3 rings (SSSR count). The van der Waals surface area contributed by atoms with Gasteiger partial charge < -0.3 is 4.57 Å². The van der Waals surface area contributed by atoms with Crippen molar-refractivity contribution in [3.8, 4) is 0 Å². The predicted octanol–water partition coefficient (Wildman–Crippen LogP) is 2.54. The lowest BCUT2D eigenvalue weighted by Crippen LogP contribution is -2.27. The molecule has 0 saturated carbocycles. The number of nitrogens with one attached hydrogen (secondary N) is 1. The molecule has 3 aromatic rings. The number of sulfonamides is 1. The Morgan fingerprint density at radius 1 is 1.08 bits per heavy atom. The normalized spacial score (nSPS) is 11.9. The standard InChI is InChI=1S/C18H21N3O2S/c1-14-20-17-12-15(8-9-18(17)21(14)2)10-11-19-24(22,23)13-16-6-4-3-5-7-16/h3-9,12,19H,10-11,13H2,1-2H3. The molecule has 0 fully saturated rings. The van der Waals surface area contributed by atoms with E-state index in [0.717, 1.165) is 28.0 Å². The van der Waals surface area contributed by atoms with Gasteiger partial charge in [-0.2, -0.15) is 0 Å². The van der Waals surface area contributed by atoms with Crippen LogP contribution in [0.1, 0.15) is 17.0 Å². The molecule has 0 atom stereocenters. The minimum atomic E-state index is -3.32. The first-order valence-electron chi connectivity index (χ1n) is 7.88. The van der Waals surface area contributed by atoms with E-state index in [2.05, 4.69) is 9.71 Å². The fourth-order valence-electron chi connectivity index (χ4n) is 2.72. The number of benzene rings is 2. The minimum absolute atomic E-state index is 0.00626. The Hall–Kier alpha value is -2.18. The van der Waals surface area contributed by atoms with Crippen molar-refractivity contribution in [1.82, 2.24) is 14.3 Å². The Labute approximate surface area is 142 Å². The molecule has 0 saturated heterocycles. The summed E-state index contributed by atoms with van der Waals surface area (Å²) in [7, 11) is -1.33. The van der Waals surface area contributed by atoms with Crippen molar-refractivity contribution in [2.45, 2.75) is 19.1 Å². The topological polar surface area (TPSA) is 64.0 Å². The fourth-order valence-corrected chi connectivity index (χ4v) is 3.86. The Kier molecular flexibility index (Phi) is 4.69. The van der Waals surface area contributed by atoms with Gasteiger partial charge in [-0.15, -0.1) is 0 Å². The largest absolute Gasteiger partial charge is 0.331 e. The van der Waals surface area contributed by atoms with E-state index in [-0.39, 0.29) is 5.75 Å². The molecule has 0 radical (unpaired) electrons. The third-order valence-corrected chi connectivity index (χ3v) is 5.46. The van der Waals surface area contributed by atoms with E-state index >= 15 is 0 Å². The Morgan fingerprint density at radius 3 is 2.58 bits per heavy atom. The molecule has 126 valence electrons. The van der Waals surface area contributed by atoms with E-state index in [1.54, 1.807) is 0 Å². The van der Waals surface area contributed by atoms with E-state index < -0.39 is 10.0 Å². The second kappa shape index (κ2) is 6.75. The van der Waals surface area contributed by atoms with Gasteiger partial charge in [0.25, 0.3) is 0 Å². The molecule has 0 aliphatic carbocycles. The fraction of sp³-hybridized carbons (Fsp3) is 0.278. The van der Waals surface area contributed by atoms with Crippen LogP contribution in [0, 0.1) is 6.92 Å². The van der Waals surface area contributed by atoms with Crippen LogP contribution in [0.4, 0.5) is 0 Å². The highest BCUT2D eigenvalue weighted by molar-refractivity contribution is 7.88. The van der Waals surface area contributed by atoms with Gasteiger partial charge in [0.1, 0.15) is 5.82 Å². The van der Waals surface area contributed by atoms with Crippen molar-refractivity contribution >= 4 is 21.1 Å². The van der Waals surface area contributed by atoms with Gasteiger partial charge in [-0.05, 0) is 36.6 Å². The van der Waals surface area contributed by atoms with Gasteiger partial charge in [0, 0.05) is 13.6 Å². The Balaban J connectivity index is 1.61. The van der Waals surface area contributed by atoms with E-state index in [0.29, 0.717) is 13.0 Å². The molecule has 5 nitrogen and oxygen atoms in total. The first-order chi connectivity index (χ1) is 11.4. The number of nitrogens with zero attached hydrogens (tertiary/aromatic N) is 2. The minimum Gasteiger partial charge on any atom is -0.331 e. The van der Waals surface area contributed by atoms with Crippen LogP contribution >= 0.6 is 0 Å². The average Bonchev–Trinajstić information content (AvgIpc) is 2.82. The van der Waals surface area contributed by atoms with Crippen LogP contribution in [0.2, 0.25) is 0 Å². The molecule has 1 aromatic heterocycles. The van der Waals surface area contributed by atoms with Gasteiger partial charge in [-0.25, -0.2) is 18.1 Å². The molecule has 1 N–H and O–H groups in total. The number of hydrogen-bond acceptors (Lipinski definition) is 3. The highest BCUT2D eigenvalue weighted by Gasteiger charge is 2.11. The zero-order valence-corrected chi connectivity index (χ0v) is 14.7. The van der Waals surface area contributed by atoms with Crippen molar-refractivity contribution in [2.24, 2.45) is 7.05 Å². The Morgan fingerprint density at radius 2 is 1.83 bits per heavy atom. The molecular weight excluding hydrogens is 322 g/mol. The maximum atomic E-state index is 12.1. The van der Waals surface area contributed by atoms with Crippen molar-refractivity contribution in [3.63, 3.8) is 0 Å². The summed E-state index contributed by atoms with van der Waals surface area (Å²) in [6.45, 7) is 2.35. The van der Waals surface area contributed by atoms with Crippen LogP contribution in [-0.2, 0) is 29.2 Å². The average molecular weight is 343 g/mol. The number of aryl methyl sites for hydroxylation is 2. The van der Waals surface area contributed by atoms with E-state index in [9.17, 15) is 8.42 Å². The van der Waals surface area contributed by atoms with E-state index in [1.807, 2.05) is 67.1 Å². The first kappa shape index (κ1) is 16.7. The van der Waals surface area contributed by atoms with E-state index in [1.165, 1.54) is 0 Å². The molecule has 6 heteroatoms. The quantitative estimate of drug-likeness (QED) is 0.748. The van der Waals surface area contributed by atoms with Crippen molar-refractivity contribution in [2.75, 3.05) is 6.54 Å². The molecule has 0 amide bonds. The number of fused-ring (bicyclic) bond motifs is 1. The van der Waals surface area contributed by atoms with Crippen molar-refractivity contribution < 1.29 is 8.42 Å². The van der Waals surface area contributed by atoms with Crippen LogP contribution in [0.15, 0.2) is 48.5 Å². The lowest BCUT2D eigenvalue weighted by atomic mass is 10.1. The number of imidazole rings is 1. The van der Waals surface area contributed by atoms with E-state index in [4.69, 9.17) is 0 Å². The van der Waals surface area contributed by atoms with Crippen LogP contribution in [0.25, 0.3) is 11.0 Å². The first-order valence-corrected chi connectivity index (χ1v) is 9.53. The SMILES string of the molecule is Cc1nc2cc(CCNS(=O)(=O)Cc3ccccc3)ccc2n1C. The number of hydrogen-bond donors (Lipinski definition) is 1. The number of rotatable bonds is 6. The smallest absolute Gasteiger partial charge is 0.215 e. The molecule has 2 aromatic carbocycles. The zero-order chi connectivity index (χ0) is 17.2. The van der Waals surface area contributed by atoms with Gasteiger partial charge >= 0.3 is 0 Å². The summed E-state index contributed by atoms with van der Waals surface area (Å²) in [6, 6.07) is 15.3. The summed E-state index contributed by atoms with van der Waals surface area (Å²) < 4.78 is 29.0. The summed E-state index contributed by atoms with van der Waals surface area (Å²) in [5.41, 5.74) is 3.89. The van der Waals surface area contributed by atoms with Crippen LogP contribution in [-0.4, -0.2) is 24.5 Å². The van der Waals surface area contributed by atoms with Crippen molar-refractivity contribution in [3.05, 3.63) is 65.5 Å². The third-order valence-electron chi connectivity index (χ3n) is 4.10. The lowest BCUT2D eigenvalue weighted by Gasteiger charge is -2.07. The molecule has 0 bridgehead atoms. The van der Waals surface area contributed by atoms with Gasteiger partial charge in [-0.1, -0.05) is 36.4 Å². The summed E-state index contributed by atoms with van der Waals surface area (Å²) in [5, 5.41) is 0. The lowest BCUT2D eigenvalue weighted by molar-refractivity contribution is 0.581. The highest BCUT2D eigenvalue weighted by atomic mass is 32.2. The molecule has 0 aliphatic heterocycles. The summed E-state index contributed by atoms with van der Waals surface area (Å²) in [6.07, 6.45) is 0.638. The summed E-state index contributed by atoms with van der Waals surface area (Å²) in [5.74, 6) is 0.970. The number of aromatic nitrogens is 2. The maximum Gasteiger partial charge on any atom is 0.215 e. The summed E-state index contributed by atoms with van der Waals surface area (Å²) in [4.78, 5) is 4.51. The molecule has 0 aliphatic rings.